The Morgan fingerprint density at radius 3 is 2.00 bits per heavy atom. The van der Waals surface area contributed by atoms with Crippen LogP contribution in [0.3, 0.4) is 0 Å². The second kappa shape index (κ2) is 8.62. The lowest BCUT2D eigenvalue weighted by Gasteiger charge is -2.44. The molecule has 1 rings (SSSR count). The topological polar surface area (TPSA) is 117 Å². The van der Waals surface area contributed by atoms with Crippen molar-refractivity contribution >= 4 is 23.8 Å². The number of hydrogen-bond donors (Lipinski definition) is 1. The third-order valence-electron chi connectivity index (χ3n) is 3.47. The molecule has 1 saturated heterocycles. The molecule has 1 fully saturated rings. The summed E-state index contributed by atoms with van der Waals surface area (Å²) in [6.07, 6.45) is -2.66. The Morgan fingerprint density at radius 2 is 1.54 bits per heavy atom. The zero-order chi connectivity index (χ0) is 18.4. The van der Waals surface area contributed by atoms with Crippen molar-refractivity contribution in [3.05, 3.63) is 0 Å². The third-order valence-corrected chi connectivity index (χ3v) is 3.47. The van der Waals surface area contributed by atoms with E-state index < -0.39 is 54.3 Å². The van der Waals surface area contributed by atoms with Crippen LogP contribution in [0, 0.1) is 5.92 Å². The van der Waals surface area contributed by atoms with Crippen LogP contribution in [0.2, 0.25) is 0 Å². The maximum atomic E-state index is 11.5. The fraction of sp³-hybridized carbons (Fsp3) is 0.733. The fourth-order valence-electron chi connectivity index (χ4n) is 2.49. The zero-order valence-corrected chi connectivity index (χ0v) is 14.4. The molecule has 1 aliphatic rings. The molecule has 1 aliphatic heterocycles. The van der Waals surface area contributed by atoms with E-state index in [-0.39, 0.29) is 6.61 Å². The highest BCUT2D eigenvalue weighted by atomic mass is 16.7. The third kappa shape index (κ3) is 5.80. The van der Waals surface area contributed by atoms with Crippen molar-refractivity contribution in [2.45, 2.75) is 59.2 Å². The van der Waals surface area contributed by atoms with Crippen molar-refractivity contribution in [2.24, 2.45) is 5.92 Å². The van der Waals surface area contributed by atoms with E-state index in [9.17, 15) is 19.2 Å². The minimum absolute atomic E-state index is 0.0984. The van der Waals surface area contributed by atoms with E-state index in [0.717, 1.165) is 0 Å². The molecular weight excluding hydrogens is 322 g/mol. The van der Waals surface area contributed by atoms with Crippen LogP contribution < -0.4 is 5.32 Å². The SMILES string of the molecule is CC(=O)NC1[C@H](OC(C)=O)OC(COC(C)=O)[C@H](C)[C@@H]1OC(C)=O. The summed E-state index contributed by atoms with van der Waals surface area (Å²) >= 11 is 0. The molecule has 2 unspecified atom stereocenters. The summed E-state index contributed by atoms with van der Waals surface area (Å²) < 4.78 is 21.0. The molecule has 1 heterocycles. The van der Waals surface area contributed by atoms with Crippen LogP contribution in [0.1, 0.15) is 34.6 Å². The van der Waals surface area contributed by atoms with Gasteiger partial charge in [0.1, 0.15) is 24.9 Å². The molecule has 0 radical (unpaired) electrons. The smallest absolute Gasteiger partial charge is 0.305 e. The van der Waals surface area contributed by atoms with Crippen molar-refractivity contribution in [1.82, 2.24) is 5.32 Å². The molecule has 24 heavy (non-hydrogen) atoms. The van der Waals surface area contributed by atoms with E-state index in [1.807, 2.05) is 0 Å². The Bertz CT molecular complexity index is 506. The summed E-state index contributed by atoms with van der Waals surface area (Å²) in [7, 11) is 0. The monoisotopic (exact) mass is 345 g/mol. The van der Waals surface area contributed by atoms with E-state index in [2.05, 4.69) is 5.32 Å². The lowest BCUT2D eigenvalue weighted by Crippen LogP contribution is -2.63. The number of amides is 1. The van der Waals surface area contributed by atoms with Crippen LogP contribution in [-0.2, 0) is 38.1 Å². The average Bonchev–Trinajstić information content (AvgIpc) is 2.42. The predicted octanol–water partition coefficient (Wildman–Crippen LogP) is -0.0900. The molecule has 5 atom stereocenters. The van der Waals surface area contributed by atoms with Crippen LogP contribution in [-0.4, -0.2) is 55.0 Å². The van der Waals surface area contributed by atoms with Gasteiger partial charge < -0.3 is 24.3 Å². The molecule has 0 aromatic heterocycles. The summed E-state index contributed by atoms with van der Waals surface area (Å²) in [5, 5.41) is 2.58. The second-order valence-electron chi connectivity index (χ2n) is 5.61. The Hall–Kier alpha value is -2.16. The van der Waals surface area contributed by atoms with Gasteiger partial charge in [0.15, 0.2) is 0 Å². The fourth-order valence-corrected chi connectivity index (χ4v) is 2.49. The van der Waals surface area contributed by atoms with Crippen molar-refractivity contribution in [3.8, 4) is 0 Å². The van der Waals surface area contributed by atoms with Gasteiger partial charge in [-0.05, 0) is 0 Å². The number of ether oxygens (including phenoxy) is 4. The first-order valence-corrected chi connectivity index (χ1v) is 7.52. The minimum Gasteiger partial charge on any atom is -0.463 e. The Labute approximate surface area is 139 Å². The molecule has 136 valence electrons. The standard InChI is InChI=1S/C15H23NO8/c1-7-12(6-21-9(3)18)24-15(23-11(5)20)13(16-8(2)17)14(7)22-10(4)19/h7,12-15H,6H2,1-5H3,(H,16,17)/t7-,12?,13?,14-,15+/m0/s1. The van der Waals surface area contributed by atoms with Gasteiger partial charge in [-0.3, -0.25) is 19.2 Å². The average molecular weight is 345 g/mol. The first-order valence-electron chi connectivity index (χ1n) is 7.52. The van der Waals surface area contributed by atoms with Crippen molar-refractivity contribution in [3.63, 3.8) is 0 Å². The van der Waals surface area contributed by atoms with E-state index in [1.54, 1.807) is 6.92 Å². The van der Waals surface area contributed by atoms with Crippen molar-refractivity contribution < 1.29 is 38.1 Å². The molecule has 0 aromatic rings. The zero-order valence-electron chi connectivity index (χ0n) is 14.4. The van der Waals surface area contributed by atoms with Crippen LogP contribution in [0.5, 0.6) is 0 Å². The van der Waals surface area contributed by atoms with E-state index >= 15 is 0 Å². The highest BCUT2D eigenvalue weighted by Crippen LogP contribution is 2.29. The summed E-state index contributed by atoms with van der Waals surface area (Å²) in [4.78, 5) is 45.2. The van der Waals surface area contributed by atoms with Gasteiger partial charge in [0.05, 0.1) is 0 Å². The molecule has 1 N–H and O–H groups in total. The number of esters is 3. The van der Waals surface area contributed by atoms with E-state index in [1.165, 1.54) is 27.7 Å². The summed E-state index contributed by atoms with van der Waals surface area (Å²) in [6, 6.07) is -0.876. The Balaban J connectivity index is 3.07. The molecular formula is C15H23NO8. The van der Waals surface area contributed by atoms with Gasteiger partial charge in [0.2, 0.25) is 12.2 Å². The molecule has 0 bridgehead atoms. The number of carbonyl (C=O) groups excluding carboxylic acids is 4. The normalized spacial score (nSPS) is 29.3. The van der Waals surface area contributed by atoms with Crippen LogP contribution in [0.4, 0.5) is 0 Å². The lowest BCUT2D eigenvalue weighted by molar-refractivity contribution is -0.253. The predicted molar refractivity (Wildman–Crippen MR) is 79.4 cm³/mol. The highest BCUT2D eigenvalue weighted by molar-refractivity contribution is 5.73. The van der Waals surface area contributed by atoms with Crippen molar-refractivity contribution in [1.29, 1.82) is 0 Å². The van der Waals surface area contributed by atoms with Gasteiger partial charge in [-0.2, -0.15) is 0 Å². The first kappa shape index (κ1) is 19.9. The van der Waals surface area contributed by atoms with E-state index in [0.29, 0.717) is 0 Å². The number of carbonyl (C=O) groups is 4. The van der Waals surface area contributed by atoms with Gasteiger partial charge >= 0.3 is 17.9 Å². The molecule has 0 saturated carbocycles. The maximum absolute atomic E-state index is 11.5. The number of rotatable bonds is 5. The number of nitrogens with one attached hydrogen (secondary N) is 1. The summed E-state index contributed by atoms with van der Waals surface area (Å²) in [6.45, 7) is 6.58. The molecule has 9 nitrogen and oxygen atoms in total. The van der Waals surface area contributed by atoms with Crippen molar-refractivity contribution in [2.75, 3.05) is 6.61 Å². The van der Waals surface area contributed by atoms with Gasteiger partial charge in [-0.1, -0.05) is 6.92 Å². The van der Waals surface area contributed by atoms with Gasteiger partial charge in [-0.25, -0.2) is 0 Å². The van der Waals surface area contributed by atoms with Gasteiger partial charge in [-0.15, -0.1) is 0 Å². The molecule has 0 aliphatic carbocycles. The van der Waals surface area contributed by atoms with Gasteiger partial charge in [0, 0.05) is 33.6 Å². The highest BCUT2D eigenvalue weighted by Gasteiger charge is 2.48. The largest absolute Gasteiger partial charge is 0.463 e. The molecule has 9 heteroatoms. The van der Waals surface area contributed by atoms with Crippen LogP contribution >= 0.6 is 0 Å². The Kier molecular flexibility index (Phi) is 7.15. The van der Waals surface area contributed by atoms with Crippen LogP contribution in [0.15, 0.2) is 0 Å². The number of hydrogen-bond acceptors (Lipinski definition) is 8. The maximum Gasteiger partial charge on any atom is 0.305 e. The van der Waals surface area contributed by atoms with E-state index in [4.69, 9.17) is 18.9 Å². The summed E-state index contributed by atoms with van der Waals surface area (Å²) in [5.41, 5.74) is 0. The quantitative estimate of drug-likeness (QED) is 0.543. The van der Waals surface area contributed by atoms with Crippen LogP contribution in [0.25, 0.3) is 0 Å². The minimum atomic E-state index is -1.17. The first-order chi connectivity index (χ1) is 11.1. The lowest BCUT2D eigenvalue weighted by atomic mass is 9.89. The molecule has 1 amide bonds. The van der Waals surface area contributed by atoms with Gasteiger partial charge in [0.25, 0.3) is 0 Å². The second-order valence-corrected chi connectivity index (χ2v) is 5.61. The Morgan fingerprint density at radius 1 is 0.958 bits per heavy atom. The molecule has 0 spiro atoms. The summed E-state index contributed by atoms with van der Waals surface area (Å²) in [5.74, 6) is -2.50. The molecule has 0 aromatic carbocycles.